The molecule has 0 unspecified atom stereocenters. The molecule has 0 amide bonds. The summed E-state index contributed by atoms with van der Waals surface area (Å²) in [5.41, 5.74) is 6.58. The molecule has 0 saturated heterocycles. The highest BCUT2D eigenvalue weighted by molar-refractivity contribution is 9.11. The molecular formula is C20H10Br2N4S4. The molecule has 0 aliphatic heterocycles. The van der Waals surface area contributed by atoms with Gasteiger partial charge in [0, 0.05) is 31.7 Å². The van der Waals surface area contributed by atoms with Gasteiger partial charge in [0.15, 0.2) is 0 Å². The Hall–Kier alpha value is -1.30. The smallest absolute Gasteiger partial charge is 0.115 e. The van der Waals surface area contributed by atoms with Gasteiger partial charge in [-0.25, -0.2) is 0 Å². The summed E-state index contributed by atoms with van der Waals surface area (Å²) in [4.78, 5) is 2.37. The van der Waals surface area contributed by atoms with E-state index in [9.17, 15) is 0 Å². The van der Waals surface area contributed by atoms with Gasteiger partial charge in [-0.1, -0.05) is 8.98 Å². The highest BCUT2D eigenvalue weighted by Crippen LogP contribution is 2.46. The van der Waals surface area contributed by atoms with Crippen LogP contribution in [0.25, 0.3) is 52.1 Å². The van der Waals surface area contributed by atoms with Crippen molar-refractivity contribution in [2.45, 2.75) is 13.8 Å². The predicted octanol–water partition coefficient (Wildman–Crippen LogP) is 8.45. The molecule has 0 spiro atoms. The fraction of sp³-hybridized carbons (Fsp3) is 0.100. The number of rotatable bonds is 2. The number of benzene rings is 2. The first-order chi connectivity index (χ1) is 14.5. The van der Waals surface area contributed by atoms with Gasteiger partial charge in [0.1, 0.15) is 11.0 Å². The summed E-state index contributed by atoms with van der Waals surface area (Å²) in [6.45, 7) is 4.22. The summed E-state index contributed by atoms with van der Waals surface area (Å²) in [7, 11) is 0. The van der Waals surface area contributed by atoms with Crippen LogP contribution in [0.2, 0.25) is 0 Å². The third-order valence-corrected chi connectivity index (χ3v) is 10.9. The summed E-state index contributed by atoms with van der Waals surface area (Å²) in [5.74, 6) is 0. The zero-order valence-electron chi connectivity index (χ0n) is 15.5. The van der Waals surface area contributed by atoms with Gasteiger partial charge in [-0.15, -0.1) is 32.9 Å². The second-order valence-electron chi connectivity index (χ2n) is 6.98. The van der Waals surface area contributed by atoms with Gasteiger partial charge in [-0.2, -0.15) is 0 Å². The van der Waals surface area contributed by atoms with Crippen LogP contribution in [0, 0.1) is 13.8 Å². The molecule has 0 fully saturated rings. The van der Waals surface area contributed by atoms with Crippen molar-refractivity contribution in [3.8, 4) is 20.9 Å². The Kier molecular flexibility index (Phi) is 4.60. The Morgan fingerprint density at radius 3 is 1.47 bits per heavy atom. The van der Waals surface area contributed by atoms with Crippen molar-refractivity contribution in [2.75, 3.05) is 0 Å². The van der Waals surface area contributed by atoms with E-state index in [1.54, 1.807) is 22.7 Å². The second-order valence-corrected chi connectivity index (χ2v) is 13.2. The summed E-state index contributed by atoms with van der Waals surface area (Å²) in [6, 6.07) is 8.88. The number of fused-ring (bicyclic) bond motifs is 5. The van der Waals surface area contributed by atoms with E-state index in [4.69, 9.17) is 0 Å². The normalized spacial score (nSPS) is 12.0. The Labute approximate surface area is 204 Å². The van der Waals surface area contributed by atoms with Crippen LogP contribution in [0.1, 0.15) is 11.1 Å². The van der Waals surface area contributed by atoms with Crippen LogP contribution >= 0.6 is 77.6 Å². The lowest BCUT2D eigenvalue weighted by Crippen LogP contribution is -1.85. The zero-order valence-corrected chi connectivity index (χ0v) is 21.9. The second kappa shape index (κ2) is 7.11. The first-order valence-corrected chi connectivity index (χ1v) is 13.6. The molecule has 0 saturated carbocycles. The van der Waals surface area contributed by atoms with E-state index in [2.05, 4.69) is 89.1 Å². The van der Waals surface area contributed by atoms with E-state index in [1.807, 2.05) is 0 Å². The van der Waals surface area contributed by atoms with Gasteiger partial charge in [-0.05, 0) is 104 Å². The lowest BCUT2D eigenvalue weighted by Gasteiger charge is -2.07. The zero-order chi connectivity index (χ0) is 20.6. The molecule has 0 aliphatic carbocycles. The molecule has 0 radical (unpaired) electrons. The molecule has 10 heteroatoms. The maximum Gasteiger partial charge on any atom is 0.115 e. The van der Waals surface area contributed by atoms with Crippen molar-refractivity contribution < 1.29 is 0 Å². The number of hydrogen-bond donors (Lipinski definition) is 0. The van der Waals surface area contributed by atoms with E-state index in [-0.39, 0.29) is 0 Å². The molecular weight excluding hydrogens is 584 g/mol. The van der Waals surface area contributed by atoms with Crippen molar-refractivity contribution in [1.29, 1.82) is 0 Å². The minimum Gasteiger partial charge on any atom is -0.137 e. The molecule has 6 rings (SSSR count). The van der Waals surface area contributed by atoms with Crippen LogP contribution in [0.15, 0.2) is 31.8 Å². The Morgan fingerprint density at radius 1 is 0.667 bits per heavy atom. The minimum absolute atomic E-state index is 0.951. The van der Waals surface area contributed by atoms with Crippen molar-refractivity contribution in [2.24, 2.45) is 0 Å². The van der Waals surface area contributed by atoms with Crippen molar-refractivity contribution >= 4 is 109 Å². The molecule has 6 aromatic rings. The van der Waals surface area contributed by atoms with Crippen LogP contribution in [-0.4, -0.2) is 19.2 Å². The SMILES string of the molecule is Cc1cc(-c2cc3c(cc(-c4cc(C)c(Br)s4)c4nnsc43)c3snnc23)sc1Br. The molecule has 0 atom stereocenters. The molecule has 0 bridgehead atoms. The minimum atomic E-state index is 0.951. The third kappa shape index (κ3) is 2.85. The predicted molar refractivity (Wildman–Crippen MR) is 137 cm³/mol. The topological polar surface area (TPSA) is 51.6 Å². The van der Waals surface area contributed by atoms with E-state index >= 15 is 0 Å². The number of thiophene rings is 2. The first kappa shape index (κ1) is 19.4. The number of nitrogens with zero attached hydrogens (tertiary/aromatic N) is 4. The number of hydrogen-bond acceptors (Lipinski definition) is 8. The van der Waals surface area contributed by atoms with Crippen molar-refractivity contribution in [3.63, 3.8) is 0 Å². The maximum atomic E-state index is 4.50. The molecule has 4 heterocycles. The lowest BCUT2D eigenvalue weighted by atomic mass is 10.0. The summed E-state index contributed by atoms with van der Waals surface area (Å²) in [6.07, 6.45) is 0. The summed E-state index contributed by atoms with van der Waals surface area (Å²) < 4.78 is 13.1. The van der Waals surface area contributed by atoms with Crippen LogP contribution in [0.4, 0.5) is 0 Å². The van der Waals surface area contributed by atoms with Crippen molar-refractivity contribution in [3.05, 3.63) is 43.0 Å². The van der Waals surface area contributed by atoms with E-state index < -0.39 is 0 Å². The standard InChI is InChI=1S/C20H10Br2N4S4/c1-7-3-13(27-19(7)21)11-5-9-10(17-15(11)23-25-29-17)6-12(16-18(9)30-26-24-16)14-4-8(2)20(22)28-14/h3-6H,1-2H3. The molecule has 4 aromatic heterocycles. The summed E-state index contributed by atoms with van der Waals surface area (Å²) in [5, 5.41) is 11.3. The monoisotopic (exact) mass is 592 g/mol. The maximum absolute atomic E-state index is 4.50. The van der Waals surface area contributed by atoms with Crippen LogP contribution in [0.5, 0.6) is 0 Å². The first-order valence-electron chi connectivity index (χ1n) is 8.87. The van der Waals surface area contributed by atoms with E-state index in [0.717, 1.165) is 49.9 Å². The van der Waals surface area contributed by atoms with Gasteiger partial charge in [0.2, 0.25) is 0 Å². The van der Waals surface area contributed by atoms with Crippen LogP contribution in [0.3, 0.4) is 0 Å². The van der Waals surface area contributed by atoms with Gasteiger partial charge in [0.05, 0.1) is 17.0 Å². The molecule has 148 valence electrons. The highest BCUT2D eigenvalue weighted by atomic mass is 79.9. The average Bonchev–Trinajstić information content (AvgIpc) is 3.49. The fourth-order valence-corrected chi connectivity index (χ4v) is 8.13. The van der Waals surface area contributed by atoms with E-state index in [1.165, 1.54) is 43.9 Å². The molecule has 30 heavy (non-hydrogen) atoms. The number of aromatic nitrogens is 4. The fourth-order valence-electron chi connectivity index (χ4n) is 3.60. The van der Waals surface area contributed by atoms with Gasteiger partial charge >= 0.3 is 0 Å². The Morgan fingerprint density at radius 2 is 1.10 bits per heavy atom. The number of halogens is 2. The Balaban J connectivity index is 1.74. The van der Waals surface area contributed by atoms with Crippen molar-refractivity contribution in [1.82, 2.24) is 19.2 Å². The largest absolute Gasteiger partial charge is 0.137 e. The summed E-state index contributed by atoms with van der Waals surface area (Å²) >= 11 is 13.7. The highest BCUT2D eigenvalue weighted by Gasteiger charge is 2.20. The van der Waals surface area contributed by atoms with Crippen LogP contribution in [-0.2, 0) is 0 Å². The number of aryl methyl sites for hydroxylation is 2. The molecule has 0 aliphatic rings. The average molecular weight is 594 g/mol. The van der Waals surface area contributed by atoms with E-state index in [0.29, 0.717) is 0 Å². The lowest BCUT2D eigenvalue weighted by molar-refractivity contribution is 1.20. The molecule has 4 nitrogen and oxygen atoms in total. The van der Waals surface area contributed by atoms with Gasteiger partial charge in [-0.3, -0.25) is 0 Å². The van der Waals surface area contributed by atoms with Gasteiger partial charge in [0.25, 0.3) is 0 Å². The Bertz CT molecular complexity index is 1450. The third-order valence-electron chi connectivity index (χ3n) is 5.09. The van der Waals surface area contributed by atoms with Gasteiger partial charge < -0.3 is 0 Å². The van der Waals surface area contributed by atoms with Crippen LogP contribution < -0.4 is 0 Å². The quantitative estimate of drug-likeness (QED) is 0.202. The molecule has 2 aromatic carbocycles. The molecule has 0 N–H and O–H groups in total.